The van der Waals surface area contributed by atoms with Crippen molar-refractivity contribution >= 4 is 11.8 Å². The van der Waals surface area contributed by atoms with E-state index in [0.717, 1.165) is 12.0 Å². The number of allylic oxidation sites excluding steroid dienone is 1. The number of hydrogen-bond acceptors (Lipinski definition) is 3. The third-order valence-corrected chi connectivity index (χ3v) is 3.99. The van der Waals surface area contributed by atoms with E-state index in [1.54, 1.807) is 12.0 Å². The molecule has 0 spiro atoms. The van der Waals surface area contributed by atoms with Crippen molar-refractivity contribution in [2.45, 2.75) is 19.4 Å². The maximum atomic E-state index is 12.4. The summed E-state index contributed by atoms with van der Waals surface area (Å²) >= 11 is 0. The number of carbonyl (C=O) groups is 2. The minimum atomic E-state index is -0.491. The monoisotopic (exact) mass is 298 g/mol. The second-order valence-corrected chi connectivity index (χ2v) is 5.32. The fourth-order valence-corrected chi connectivity index (χ4v) is 3.00. The Balaban J connectivity index is 2.18. The Hall–Kier alpha value is -2.56. The zero-order valence-corrected chi connectivity index (χ0v) is 12.6. The molecule has 0 aliphatic carbocycles. The van der Waals surface area contributed by atoms with Crippen molar-refractivity contribution < 1.29 is 14.3 Å². The number of carbonyl (C=O) groups excluding carboxylic acids is 2. The molecule has 5 heteroatoms. The molecule has 1 aromatic rings. The number of nitrogens with zero attached hydrogens (tertiary/aromatic N) is 1. The van der Waals surface area contributed by atoms with Crippen molar-refractivity contribution in [1.29, 1.82) is 0 Å². The van der Waals surface area contributed by atoms with Crippen molar-refractivity contribution in [1.82, 2.24) is 10.2 Å². The van der Waals surface area contributed by atoms with Crippen molar-refractivity contribution in [3.63, 3.8) is 0 Å². The Morgan fingerprint density at radius 2 is 2.14 bits per heavy atom. The first kappa shape index (κ1) is 14.4. The molecule has 5 nitrogen and oxygen atoms in total. The van der Waals surface area contributed by atoms with E-state index in [1.807, 2.05) is 36.4 Å². The third-order valence-electron chi connectivity index (χ3n) is 3.99. The number of benzene rings is 1. The Bertz CT molecular complexity index is 691. The van der Waals surface area contributed by atoms with Crippen molar-refractivity contribution in [3.8, 4) is 5.75 Å². The number of ether oxygens (including phenoxy) is 1. The Morgan fingerprint density at radius 3 is 2.86 bits per heavy atom. The molecule has 2 amide bonds. The molecule has 1 unspecified atom stereocenters. The van der Waals surface area contributed by atoms with Gasteiger partial charge in [0.1, 0.15) is 5.75 Å². The average Bonchev–Trinajstić information content (AvgIpc) is 2.54. The number of ketones is 1. The summed E-state index contributed by atoms with van der Waals surface area (Å²) in [7, 11) is 1.58. The van der Waals surface area contributed by atoms with Crippen molar-refractivity contribution in [2.75, 3.05) is 13.7 Å². The van der Waals surface area contributed by atoms with Crippen LogP contribution in [0.15, 0.2) is 47.7 Å². The van der Waals surface area contributed by atoms with Gasteiger partial charge in [0.15, 0.2) is 5.78 Å². The fourth-order valence-electron chi connectivity index (χ4n) is 3.00. The Labute approximate surface area is 129 Å². The van der Waals surface area contributed by atoms with Gasteiger partial charge in [0.2, 0.25) is 0 Å². The summed E-state index contributed by atoms with van der Waals surface area (Å²) < 4.78 is 5.38. The molecular formula is C17H18N2O3. The van der Waals surface area contributed by atoms with Crippen LogP contribution in [-0.4, -0.2) is 30.4 Å². The number of fused-ring (bicyclic) bond motifs is 1. The maximum absolute atomic E-state index is 12.4. The SMILES string of the molecule is COc1ccccc1C1NC(=O)N2CCC=CC2=C1C(C)=O. The second-order valence-electron chi connectivity index (χ2n) is 5.32. The van der Waals surface area contributed by atoms with Gasteiger partial charge in [0, 0.05) is 17.7 Å². The summed E-state index contributed by atoms with van der Waals surface area (Å²) in [6.45, 7) is 2.12. The summed E-state index contributed by atoms with van der Waals surface area (Å²) in [4.78, 5) is 26.2. The van der Waals surface area contributed by atoms with Crippen LogP contribution in [0.2, 0.25) is 0 Å². The predicted molar refractivity (Wildman–Crippen MR) is 82.4 cm³/mol. The van der Waals surface area contributed by atoms with Crippen LogP contribution in [0, 0.1) is 0 Å². The number of para-hydroxylation sites is 1. The molecule has 0 radical (unpaired) electrons. The van der Waals surface area contributed by atoms with Gasteiger partial charge in [-0.15, -0.1) is 0 Å². The normalized spacial score (nSPS) is 20.5. The summed E-state index contributed by atoms with van der Waals surface area (Å²) in [5.74, 6) is 0.600. The highest BCUT2D eigenvalue weighted by atomic mass is 16.5. The van der Waals surface area contributed by atoms with E-state index in [-0.39, 0.29) is 11.8 Å². The van der Waals surface area contributed by atoms with Gasteiger partial charge in [-0.2, -0.15) is 0 Å². The summed E-state index contributed by atoms with van der Waals surface area (Å²) in [5.41, 5.74) is 2.08. The van der Waals surface area contributed by atoms with Crippen molar-refractivity contribution in [2.24, 2.45) is 0 Å². The topological polar surface area (TPSA) is 58.6 Å². The molecule has 1 atom stereocenters. The molecule has 3 rings (SSSR count). The van der Waals surface area contributed by atoms with E-state index in [2.05, 4.69) is 5.32 Å². The fraction of sp³-hybridized carbons (Fsp3) is 0.294. The van der Waals surface area contributed by atoms with Crippen LogP contribution in [0.4, 0.5) is 4.79 Å². The highest BCUT2D eigenvalue weighted by Crippen LogP contribution is 2.36. The van der Waals surface area contributed by atoms with E-state index in [9.17, 15) is 9.59 Å². The molecule has 0 bridgehead atoms. The second kappa shape index (κ2) is 5.67. The van der Waals surface area contributed by atoms with Crippen LogP contribution >= 0.6 is 0 Å². The lowest BCUT2D eigenvalue weighted by molar-refractivity contribution is -0.114. The van der Waals surface area contributed by atoms with Gasteiger partial charge in [-0.25, -0.2) is 4.79 Å². The summed E-state index contributed by atoms with van der Waals surface area (Å²) in [6, 6.07) is 6.76. The van der Waals surface area contributed by atoms with Gasteiger partial charge in [-0.05, 0) is 25.5 Å². The molecular weight excluding hydrogens is 280 g/mol. The van der Waals surface area contributed by atoms with Crippen LogP contribution in [-0.2, 0) is 4.79 Å². The van der Waals surface area contributed by atoms with E-state index < -0.39 is 6.04 Å². The lowest BCUT2D eigenvalue weighted by Crippen LogP contribution is -2.48. The molecule has 2 aliphatic heterocycles. The first-order valence-corrected chi connectivity index (χ1v) is 7.26. The largest absolute Gasteiger partial charge is 0.496 e. The number of rotatable bonds is 3. The minimum absolute atomic E-state index is 0.0533. The number of nitrogens with one attached hydrogen (secondary N) is 1. The molecule has 0 saturated heterocycles. The van der Waals surface area contributed by atoms with Crippen LogP contribution in [0.25, 0.3) is 0 Å². The summed E-state index contributed by atoms with van der Waals surface area (Å²) in [6.07, 6.45) is 4.65. The zero-order chi connectivity index (χ0) is 15.7. The number of hydrogen-bond donors (Lipinski definition) is 1. The minimum Gasteiger partial charge on any atom is -0.496 e. The Morgan fingerprint density at radius 1 is 1.36 bits per heavy atom. The van der Waals surface area contributed by atoms with E-state index in [4.69, 9.17) is 4.74 Å². The Kier molecular flexibility index (Phi) is 3.71. The molecule has 0 saturated carbocycles. The lowest BCUT2D eigenvalue weighted by Gasteiger charge is -2.37. The van der Waals surface area contributed by atoms with E-state index >= 15 is 0 Å². The van der Waals surface area contributed by atoms with Gasteiger partial charge in [-0.3, -0.25) is 9.69 Å². The molecule has 1 N–H and O–H groups in total. The third kappa shape index (κ3) is 2.28. The van der Waals surface area contributed by atoms with Crippen LogP contribution in [0.5, 0.6) is 5.75 Å². The van der Waals surface area contributed by atoms with E-state index in [1.165, 1.54) is 6.92 Å². The highest BCUT2D eigenvalue weighted by Gasteiger charge is 2.36. The number of amides is 2. The molecule has 0 aromatic heterocycles. The first-order valence-electron chi connectivity index (χ1n) is 7.26. The number of urea groups is 1. The van der Waals surface area contributed by atoms with Gasteiger partial charge in [0.25, 0.3) is 0 Å². The van der Waals surface area contributed by atoms with Gasteiger partial charge >= 0.3 is 6.03 Å². The summed E-state index contributed by atoms with van der Waals surface area (Å²) in [5, 5.41) is 2.93. The zero-order valence-electron chi connectivity index (χ0n) is 12.6. The molecule has 2 aliphatic rings. The molecule has 22 heavy (non-hydrogen) atoms. The molecule has 1 aromatic carbocycles. The highest BCUT2D eigenvalue weighted by molar-refractivity contribution is 5.99. The maximum Gasteiger partial charge on any atom is 0.322 e. The first-order chi connectivity index (χ1) is 10.6. The standard InChI is InChI=1S/C17H18N2O3/c1-11(20)15-13-8-5-6-10-19(13)17(21)18-16(15)12-7-3-4-9-14(12)22-2/h3-5,7-9,16H,6,10H2,1-2H3,(H,18,21). The molecule has 2 heterocycles. The number of Topliss-reactive ketones (excluding diaryl/α,β-unsaturated/α-hetero) is 1. The molecule has 0 fully saturated rings. The van der Waals surface area contributed by atoms with Crippen molar-refractivity contribution in [3.05, 3.63) is 53.3 Å². The smallest absolute Gasteiger partial charge is 0.322 e. The predicted octanol–water partition coefficient (Wildman–Crippen LogP) is 2.56. The average molecular weight is 298 g/mol. The van der Waals surface area contributed by atoms with Gasteiger partial charge in [0.05, 0.1) is 18.8 Å². The van der Waals surface area contributed by atoms with Gasteiger partial charge < -0.3 is 10.1 Å². The molecule has 114 valence electrons. The van der Waals surface area contributed by atoms with E-state index in [0.29, 0.717) is 23.6 Å². The van der Waals surface area contributed by atoms with Crippen LogP contribution < -0.4 is 10.1 Å². The van der Waals surface area contributed by atoms with Crippen LogP contribution in [0.1, 0.15) is 24.9 Å². The quantitative estimate of drug-likeness (QED) is 0.933. The van der Waals surface area contributed by atoms with Gasteiger partial charge in [-0.1, -0.05) is 24.3 Å². The van der Waals surface area contributed by atoms with Crippen LogP contribution in [0.3, 0.4) is 0 Å². The number of methoxy groups -OCH3 is 1. The lowest BCUT2D eigenvalue weighted by atomic mass is 9.90.